The first-order chi connectivity index (χ1) is 8.56. The van der Waals surface area contributed by atoms with E-state index in [0.717, 1.165) is 5.56 Å². The van der Waals surface area contributed by atoms with Crippen molar-refractivity contribution in [3.8, 4) is 5.75 Å². The lowest BCUT2D eigenvalue weighted by molar-refractivity contribution is 0.306. The molecular weight excluding hydrogens is 293 g/mol. The van der Waals surface area contributed by atoms with E-state index in [4.69, 9.17) is 45.3 Å². The van der Waals surface area contributed by atoms with E-state index in [2.05, 4.69) is 0 Å². The molecule has 94 valence electrons. The highest BCUT2D eigenvalue weighted by Gasteiger charge is 2.09. The topological polar surface area (TPSA) is 35.2 Å². The van der Waals surface area contributed by atoms with Gasteiger partial charge in [-0.3, -0.25) is 0 Å². The molecule has 2 aromatic carbocycles. The number of nitrogen functional groups attached to an aromatic ring is 1. The molecule has 2 rings (SSSR count). The molecule has 0 saturated carbocycles. The van der Waals surface area contributed by atoms with E-state index >= 15 is 0 Å². The van der Waals surface area contributed by atoms with Crippen LogP contribution in [0.1, 0.15) is 5.56 Å². The Morgan fingerprint density at radius 2 is 1.67 bits per heavy atom. The third-order valence-corrected chi connectivity index (χ3v) is 3.09. The highest BCUT2D eigenvalue weighted by Crippen LogP contribution is 2.35. The molecule has 0 aliphatic carbocycles. The van der Waals surface area contributed by atoms with Gasteiger partial charge in [-0.1, -0.05) is 46.9 Å². The molecule has 0 bridgehead atoms. The molecule has 0 heterocycles. The maximum atomic E-state index is 6.02. The number of rotatable bonds is 3. The van der Waals surface area contributed by atoms with E-state index in [1.807, 2.05) is 18.2 Å². The number of anilines is 1. The van der Waals surface area contributed by atoms with Crippen LogP contribution in [0.15, 0.2) is 36.4 Å². The summed E-state index contributed by atoms with van der Waals surface area (Å²) in [5, 5.41) is 1.44. The summed E-state index contributed by atoms with van der Waals surface area (Å²) in [6.45, 7) is 0.337. The van der Waals surface area contributed by atoms with Gasteiger partial charge in [-0.25, -0.2) is 0 Å². The second-order valence-electron chi connectivity index (χ2n) is 3.73. The Kier molecular flexibility index (Phi) is 4.23. The molecular formula is C13H10Cl3NO. The van der Waals surface area contributed by atoms with Gasteiger partial charge in [0.05, 0.1) is 10.0 Å². The molecule has 2 N–H and O–H groups in total. The predicted octanol–water partition coefficient (Wildman–Crippen LogP) is 4.81. The van der Waals surface area contributed by atoms with Gasteiger partial charge in [0, 0.05) is 10.7 Å². The minimum absolute atomic E-state index is 0.337. The van der Waals surface area contributed by atoms with E-state index in [1.165, 1.54) is 0 Å². The van der Waals surface area contributed by atoms with Crippen molar-refractivity contribution in [1.82, 2.24) is 0 Å². The van der Waals surface area contributed by atoms with Gasteiger partial charge in [0.1, 0.15) is 6.61 Å². The average Bonchev–Trinajstić information content (AvgIpc) is 2.27. The van der Waals surface area contributed by atoms with Crippen LogP contribution in [-0.2, 0) is 6.61 Å². The van der Waals surface area contributed by atoms with E-state index in [9.17, 15) is 0 Å². The molecule has 0 radical (unpaired) electrons. The molecule has 0 aliphatic rings. The maximum absolute atomic E-state index is 6.02. The van der Waals surface area contributed by atoms with Gasteiger partial charge < -0.3 is 10.5 Å². The lowest BCUT2D eigenvalue weighted by Gasteiger charge is -2.10. The molecule has 0 atom stereocenters. The largest absolute Gasteiger partial charge is 0.486 e. The lowest BCUT2D eigenvalue weighted by Crippen LogP contribution is -1.97. The van der Waals surface area contributed by atoms with Crippen molar-refractivity contribution in [2.45, 2.75) is 6.61 Å². The second-order valence-corrected chi connectivity index (χ2v) is 4.98. The summed E-state index contributed by atoms with van der Waals surface area (Å²) in [6.07, 6.45) is 0. The van der Waals surface area contributed by atoms with E-state index in [1.54, 1.807) is 18.2 Å². The summed E-state index contributed by atoms with van der Waals surface area (Å²) >= 11 is 17.9. The van der Waals surface area contributed by atoms with Crippen molar-refractivity contribution in [2.75, 3.05) is 5.73 Å². The average molecular weight is 303 g/mol. The number of halogens is 3. The zero-order valence-electron chi connectivity index (χ0n) is 9.29. The highest BCUT2D eigenvalue weighted by atomic mass is 35.5. The van der Waals surface area contributed by atoms with Crippen LogP contribution < -0.4 is 10.5 Å². The Morgan fingerprint density at radius 1 is 1.00 bits per heavy atom. The summed E-state index contributed by atoms with van der Waals surface area (Å²) in [6, 6.07) is 10.6. The fourth-order valence-corrected chi connectivity index (χ4v) is 2.33. The third-order valence-electron chi connectivity index (χ3n) is 2.29. The minimum atomic E-state index is 0.337. The van der Waals surface area contributed by atoms with Gasteiger partial charge >= 0.3 is 0 Å². The molecule has 0 amide bonds. The van der Waals surface area contributed by atoms with Crippen LogP contribution in [0.25, 0.3) is 0 Å². The van der Waals surface area contributed by atoms with Crippen molar-refractivity contribution in [2.24, 2.45) is 0 Å². The summed E-state index contributed by atoms with van der Waals surface area (Å²) in [5.41, 5.74) is 7.05. The van der Waals surface area contributed by atoms with E-state index < -0.39 is 0 Å². The Morgan fingerprint density at radius 3 is 2.28 bits per heavy atom. The second kappa shape index (κ2) is 5.70. The van der Waals surface area contributed by atoms with Crippen LogP contribution in [0.3, 0.4) is 0 Å². The van der Waals surface area contributed by atoms with Gasteiger partial charge in [0.15, 0.2) is 5.75 Å². The van der Waals surface area contributed by atoms with E-state index in [0.29, 0.717) is 33.1 Å². The van der Waals surface area contributed by atoms with Crippen molar-refractivity contribution < 1.29 is 4.74 Å². The SMILES string of the molecule is Nc1cc(Cl)c(OCc2cccc(Cl)c2)c(Cl)c1. The monoisotopic (exact) mass is 301 g/mol. The fraction of sp³-hybridized carbons (Fsp3) is 0.0769. The first-order valence-electron chi connectivity index (χ1n) is 5.18. The summed E-state index contributed by atoms with van der Waals surface area (Å²) < 4.78 is 5.59. The van der Waals surface area contributed by atoms with Gasteiger partial charge in [0.2, 0.25) is 0 Å². The zero-order chi connectivity index (χ0) is 13.1. The molecule has 2 nitrogen and oxygen atoms in total. The molecule has 0 fully saturated rings. The zero-order valence-corrected chi connectivity index (χ0v) is 11.6. The smallest absolute Gasteiger partial charge is 0.157 e. The van der Waals surface area contributed by atoms with Gasteiger partial charge in [-0.15, -0.1) is 0 Å². The predicted molar refractivity (Wildman–Crippen MR) is 76.7 cm³/mol. The van der Waals surface area contributed by atoms with Crippen LogP contribution in [0.5, 0.6) is 5.75 Å². The standard InChI is InChI=1S/C13H10Cl3NO/c14-9-3-1-2-8(4-9)7-18-13-11(15)5-10(17)6-12(13)16/h1-6H,7,17H2. The highest BCUT2D eigenvalue weighted by molar-refractivity contribution is 6.37. The lowest BCUT2D eigenvalue weighted by atomic mass is 10.2. The Labute approximate surface area is 120 Å². The van der Waals surface area contributed by atoms with Gasteiger partial charge in [-0.05, 0) is 29.8 Å². The number of ether oxygens (including phenoxy) is 1. The molecule has 5 heteroatoms. The normalized spacial score (nSPS) is 10.4. The molecule has 18 heavy (non-hydrogen) atoms. The van der Waals surface area contributed by atoms with Crippen molar-refractivity contribution in [3.63, 3.8) is 0 Å². The van der Waals surface area contributed by atoms with Crippen LogP contribution in [0.4, 0.5) is 5.69 Å². The summed E-state index contributed by atoms with van der Waals surface area (Å²) in [4.78, 5) is 0. The first-order valence-corrected chi connectivity index (χ1v) is 6.31. The van der Waals surface area contributed by atoms with Gasteiger partial charge in [0.25, 0.3) is 0 Å². The minimum Gasteiger partial charge on any atom is -0.486 e. The van der Waals surface area contributed by atoms with E-state index in [-0.39, 0.29) is 0 Å². The first kappa shape index (κ1) is 13.3. The van der Waals surface area contributed by atoms with Crippen molar-refractivity contribution in [3.05, 3.63) is 57.0 Å². The Bertz CT molecular complexity index is 549. The maximum Gasteiger partial charge on any atom is 0.157 e. The summed E-state index contributed by atoms with van der Waals surface area (Å²) in [7, 11) is 0. The number of nitrogens with two attached hydrogens (primary N) is 1. The van der Waals surface area contributed by atoms with Crippen molar-refractivity contribution in [1.29, 1.82) is 0 Å². The molecule has 0 aromatic heterocycles. The molecule has 2 aromatic rings. The van der Waals surface area contributed by atoms with Crippen LogP contribution in [0.2, 0.25) is 15.1 Å². The molecule has 0 spiro atoms. The van der Waals surface area contributed by atoms with Crippen LogP contribution >= 0.6 is 34.8 Å². The van der Waals surface area contributed by atoms with Crippen LogP contribution in [-0.4, -0.2) is 0 Å². The van der Waals surface area contributed by atoms with Crippen molar-refractivity contribution >= 4 is 40.5 Å². The quantitative estimate of drug-likeness (QED) is 0.826. The third kappa shape index (κ3) is 3.22. The van der Waals surface area contributed by atoms with Gasteiger partial charge in [-0.2, -0.15) is 0 Å². The fourth-order valence-electron chi connectivity index (χ4n) is 1.50. The number of hydrogen-bond donors (Lipinski definition) is 1. The molecule has 0 unspecified atom stereocenters. The molecule has 0 saturated heterocycles. The Hall–Kier alpha value is -1.09. The number of hydrogen-bond acceptors (Lipinski definition) is 2. The summed E-state index contributed by atoms with van der Waals surface area (Å²) in [5.74, 6) is 0.424. The van der Waals surface area contributed by atoms with Crippen LogP contribution in [0, 0.1) is 0 Å². The molecule has 0 aliphatic heterocycles. The Balaban J connectivity index is 2.16. The number of benzene rings is 2.